The van der Waals surface area contributed by atoms with E-state index in [2.05, 4.69) is 10.6 Å². The van der Waals surface area contributed by atoms with Gasteiger partial charge in [0.15, 0.2) is 0 Å². The number of aliphatic carboxylic acids is 3. The maximum absolute atomic E-state index is 12.2. The fourth-order valence-corrected chi connectivity index (χ4v) is 5.06. The minimum absolute atomic E-state index is 0.00896. The molecule has 0 rings (SSSR count). The largest absolute Gasteiger partial charge is 0.481 e. The zero-order chi connectivity index (χ0) is 33.0. The molecule has 0 fully saturated rings. The second kappa shape index (κ2) is 27.6. The first-order chi connectivity index (χ1) is 21.0. The molecule has 0 aromatic rings. The molecule has 0 radical (unpaired) electrons. The molecule has 11 nitrogen and oxygen atoms in total. The standard InChI is InChI=1S/C33H58N2O9/c1-26(36)22-23-27(32(41)42)35-30(38)25-24-28(33(43)44)34-29(37)20-18-16-14-12-10-8-6-4-2-3-5-7-9-11-13-15-17-19-21-31(39)40/h27-28H,2-25H2,1H3,(H,34,37)(H,35,38)(H,39,40)(H,41,42)(H,43,44). The zero-order valence-electron chi connectivity index (χ0n) is 26.9. The summed E-state index contributed by atoms with van der Waals surface area (Å²) in [4.78, 5) is 68.7. The Morgan fingerprint density at radius 3 is 1.05 bits per heavy atom. The Labute approximate surface area is 263 Å². The van der Waals surface area contributed by atoms with Gasteiger partial charge in [0.25, 0.3) is 0 Å². The molecule has 2 unspecified atom stereocenters. The van der Waals surface area contributed by atoms with Crippen molar-refractivity contribution in [1.29, 1.82) is 0 Å². The number of hydrogen-bond acceptors (Lipinski definition) is 6. The first-order valence-electron chi connectivity index (χ1n) is 16.8. The van der Waals surface area contributed by atoms with Crippen LogP contribution in [0.3, 0.4) is 0 Å². The van der Waals surface area contributed by atoms with Crippen molar-refractivity contribution in [3.8, 4) is 0 Å². The van der Waals surface area contributed by atoms with Crippen LogP contribution in [0.5, 0.6) is 0 Å². The van der Waals surface area contributed by atoms with E-state index in [0.717, 1.165) is 38.5 Å². The number of unbranched alkanes of at least 4 members (excludes halogenated alkanes) is 17. The van der Waals surface area contributed by atoms with Crippen LogP contribution in [0.15, 0.2) is 0 Å². The van der Waals surface area contributed by atoms with Crippen molar-refractivity contribution in [1.82, 2.24) is 10.6 Å². The number of amides is 2. The van der Waals surface area contributed by atoms with Crippen LogP contribution in [-0.2, 0) is 28.8 Å². The quantitative estimate of drug-likeness (QED) is 0.0561. The molecule has 0 aliphatic rings. The molecule has 0 spiro atoms. The maximum Gasteiger partial charge on any atom is 0.326 e. The van der Waals surface area contributed by atoms with Gasteiger partial charge in [-0.15, -0.1) is 0 Å². The van der Waals surface area contributed by atoms with Gasteiger partial charge in [-0.05, 0) is 32.6 Å². The molecule has 0 saturated carbocycles. The molecule has 44 heavy (non-hydrogen) atoms. The highest BCUT2D eigenvalue weighted by Crippen LogP contribution is 2.15. The molecule has 2 atom stereocenters. The smallest absolute Gasteiger partial charge is 0.326 e. The van der Waals surface area contributed by atoms with Crippen molar-refractivity contribution in [3.05, 3.63) is 0 Å². The highest BCUT2D eigenvalue weighted by atomic mass is 16.4. The van der Waals surface area contributed by atoms with E-state index in [9.17, 15) is 39.0 Å². The number of carbonyl (C=O) groups is 6. The molecule has 0 saturated heterocycles. The molecule has 0 aliphatic heterocycles. The second-order valence-electron chi connectivity index (χ2n) is 12.0. The third-order valence-electron chi connectivity index (χ3n) is 7.76. The predicted molar refractivity (Wildman–Crippen MR) is 168 cm³/mol. The van der Waals surface area contributed by atoms with Gasteiger partial charge in [-0.2, -0.15) is 0 Å². The second-order valence-corrected chi connectivity index (χ2v) is 12.0. The minimum atomic E-state index is -1.27. The summed E-state index contributed by atoms with van der Waals surface area (Å²) in [5.74, 6) is -4.44. The summed E-state index contributed by atoms with van der Waals surface area (Å²) < 4.78 is 0. The summed E-state index contributed by atoms with van der Waals surface area (Å²) in [5, 5.41) is 32.0. The van der Waals surface area contributed by atoms with Crippen molar-refractivity contribution in [3.63, 3.8) is 0 Å². The lowest BCUT2D eigenvalue weighted by molar-refractivity contribution is -0.143. The van der Waals surface area contributed by atoms with Crippen LogP contribution in [0.1, 0.15) is 161 Å². The number of carboxylic acids is 3. The maximum atomic E-state index is 12.2. The van der Waals surface area contributed by atoms with E-state index in [0.29, 0.717) is 12.8 Å². The first kappa shape index (κ1) is 41.0. The fourth-order valence-electron chi connectivity index (χ4n) is 5.06. The number of carboxylic acid groups (broad SMARTS) is 3. The van der Waals surface area contributed by atoms with Gasteiger partial charge in [0.1, 0.15) is 17.9 Å². The molecule has 0 aliphatic carbocycles. The number of hydrogen-bond donors (Lipinski definition) is 5. The first-order valence-corrected chi connectivity index (χ1v) is 16.8. The molecular formula is C33H58N2O9. The summed E-state index contributed by atoms with van der Waals surface area (Å²) in [6.45, 7) is 1.33. The Morgan fingerprint density at radius 2 is 0.727 bits per heavy atom. The minimum Gasteiger partial charge on any atom is -0.481 e. The molecule has 2 amide bonds. The number of nitrogens with one attached hydrogen (secondary N) is 2. The Hall–Kier alpha value is -2.98. The van der Waals surface area contributed by atoms with Gasteiger partial charge in [0.05, 0.1) is 0 Å². The molecular weight excluding hydrogens is 568 g/mol. The number of Topliss-reactive ketones (excluding diaryl/α,β-unsaturated/α-hetero) is 1. The summed E-state index contributed by atoms with van der Waals surface area (Å²) >= 11 is 0. The zero-order valence-corrected chi connectivity index (χ0v) is 26.9. The van der Waals surface area contributed by atoms with E-state index in [4.69, 9.17) is 5.11 Å². The van der Waals surface area contributed by atoms with Crippen LogP contribution < -0.4 is 10.6 Å². The van der Waals surface area contributed by atoms with Crippen LogP contribution in [-0.4, -0.2) is 62.9 Å². The summed E-state index contributed by atoms with van der Waals surface area (Å²) in [7, 11) is 0. The molecule has 254 valence electrons. The van der Waals surface area contributed by atoms with Crippen LogP contribution in [0.4, 0.5) is 0 Å². The van der Waals surface area contributed by atoms with Gasteiger partial charge >= 0.3 is 17.9 Å². The van der Waals surface area contributed by atoms with Gasteiger partial charge in [0.2, 0.25) is 11.8 Å². The van der Waals surface area contributed by atoms with E-state index >= 15 is 0 Å². The van der Waals surface area contributed by atoms with Crippen LogP contribution >= 0.6 is 0 Å². The van der Waals surface area contributed by atoms with Gasteiger partial charge < -0.3 is 30.7 Å². The van der Waals surface area contributed by atoms with Crippen molar-refractivity contribution >= 4 is 35.5 Å². The van der Waals surface area contributed by atoms with Gasteiger partial charge in [0, 0.05) is 25.7 Å². The van der Waals surface area contributed by atoms with E-state index in [1.54, 1.807) is 0 Å². The fraction of sp³-hybridized carbons (Fsp3) is 0.818. The summed E-state index contributed by atoms with van der Waals surface area (Å²) in [6, 6.07) is -2.46. The molecule has 11 heteroatoms. The molecule has 0 heterocycles. The average molecular weight is 627 g/mol. The molecule has 0 aromatic carbocycles. The summed E-state index contributed by atoms with van der Waals surface area (Å²) in [5.41, 5.74) is 0. The van der Waals surface area contributed by atoms with E-state index in [1.807, 2.05) is 0 Å². The lowest BCUT2D eigenvalue weighted by Crippen LogP contribution is -2.44. The average Bonchev–Trinajstić information content (AvgIpc) is 2.95. The number of ketones is 1. The lowest BCUT2D eigenvalue weighted by atomic mass is 10.0. The summed E-state index contributed by atoms with van der Waals surface area (Å²) in [6.07, 6.45) is 20.6. The molecule has 0 bridgehead atoms. The highest BCUT2D eigenvalue weighted by Gasteiger charge is 2.24. The monoisotopic (exact) mass is 626 g/mol. The van der Waals surface area contributed by atoms with Crippen LogP contribution in [0, 0.1) is 0 Å². The topological polar surface area (TPSA) is 187 Å². The lowest BCUT2D eigenvalue weighted by Gasteiger charge is -2.16. The van der Waals surface area contributed by atoms with Crippen LogP contribution in [0.2, 0.25) is 0 Å². The van der Waals surface area contributed by atoms with Crippen LogP contribution in [0.25, 0.3) is 0 Å². The predicted octanol–water partition coefficient (Wildman–Crippen LogP) is 6.16. The van der Waals surface area contributed by atoms with E-state index < -0.39 is 35.9 Å². The Balaban J connectivity index is 3.74. The van der Waals surface area contributed by atoms with E-state index in [-0.39, 0.29) is 43.8 Å². The van der Waals surface area contributed by atoms with Gasteiger partial charge in [-0.3, -0.25) is 14.4 Å². The SMILES string of the molecule is CC(=O)CCC(NC(=O)CCC(NC(=O)CCCCCCCCCCCCCCCCCCCCC(=O)O)C(=O)O)C(=O)O. The number of carbonyl (C=O) groups excluding carboxylic acids is 3. The molecule has 0 aromatic heterocycles. The Bertz CT molecular complexity index is 847. The Morgan fingerprint density at radius 1 is 0.432 bits per heavy atom. The van der Waals surface area contributed by atoms with Crippen molar-refractivity contribution in [2.45, 2.75) is 173 Å². The van der Waals surface area contributed by atoms with Crippen molar-refractivity contribution < 1.29 is 44.1 Å². The van der Waals surface area contributed by atoms with Crippen molar-refractivity contribution in [2.24, 2.45) is 0 Å². The van der Waals surface area contributed by atoms with Crippen molar-refractivity contribution in [2.75, 3.05) is 0 Å². The van der Waals surface area contributed by atoms with Gasteiger partial charge in [-0.25, -0.2) is 9.59 Å². The normalized spacial score (nSPS) is 12.3. The molecule has 5 N–H and O–H groups in total. The van der Waals surface area contributed by atoms with E-state index in [1.165, 1.54) is 77.6 Å². The highest BCUT2D eigenvalue weighted by molar-refractivity contribution is 5.86. The third kappa shape index (κ3) is 26.6. The number of rotatable bonds is 31. The van der Waals surface area contributed by atoms with Gasteiger partial charge in [-0.1, -0.05) is 103 Å². The third-order valence-corrected chi connectivity index (χ3v) is 7.76. The Kier molecular flexibility index (Phi) is 25.7.